The second-order valence-electron chi connectivity index (χ2n) is 5.48. The Bertz CT molecular complexity index is 473. The van der Waals surface area contributed by atoms with Gasteiger partial charge in [-0.1, -0.05) is 11.6 Å². The molecule has 104 valence electrons. The maximum absolute atomic E-state index is 12.0. The molecule has 0 spiro atoms. The fraction of sp³-hybridized carbons (Fsp3) is 0.769. The summed E-state index contributed by atoms with van der Waals surface area (Å²) >= 11 is 0. The van der Waals surface area contributed by atoms with Gasteiger partial charge in [0.25, 0.3) is 0 Å². The lowest BCUT2D eigenvalue weighted by atomic mass is 9.94. The van der Waals surface area contributed by atoms with Gasteiger partial charge in [0.1, 0.15) is 6.04 Å². The maximum atomic E-state index is 12.0. The van der Waals surface area contributed by atoms with Gasteiger partial charge in [-0.2, -0.15) is 4.98 Å². The molecule has 0 unspecified atom stereocenters. The van der Waals surface area contributed by atoms with Crippen molar-refractivity contribution in [3.63, 3.8) is 0 Å². The third kappa shape index (κ3) is 2.25. The highest BCUT2D eigenvalue weighted by Crippen LogP contribution is 2.42. The number of hydrogen-bond acceptors (Lipinski definition) is 6. The number of aromatic nitrogens is 2. The van der Waals surface area contributed by atoms with E-state index < -0.39 is 0 Å². The quantitative estimate of drug-likeness (QED) is 0.764. The third-order valence-corrected chi connectivity index (χ3v) is 4.34. The molecule has 3 rings (SSSR count). The lowest BCUT2D eigenvalue weighted by molar-refractivity contribution is -0.147. The Morgan fingerprint density at radius 2 is 2.37 bits per heavy atom. The van der Waals surface area contributed by atoms with E-state index in [2.05, 4.69) is 15.0 Å². The molecule has 0 amide bonds. The molecule has 0 radical (unpaired) electrons. The van der Waals surface area contributed by atoms with Crippen molar-refractivity contribution in [2.45, 2.75) is 38.8 Å². The van der Waals surface area contributed by atoms with E-state index in [1.807, 2.05) is 0 Å². The minimum atomic E-state index is -0.142. The number of carbonyl (C=O) groups is 1. The molecule has 19 heavy (non-hydrogen) atoms. The van der Waals surface area contributed by atoms with Crippen molar-refractivity contribution in [2.24, 2.45) is 11.8 Å². The Kier molecular flexibility index (Phi) is 3.26. The van der Waals surface area contributed by atoms with Crippen LogP contribution in [0.5, 0.6) is 0 Å². The molecule has 1 saturated carbocycles. The van der Waals surface area contributed by atoms with Crippen LogP contribution in [-0.2, 0) is 16.1 Å². The molecule has 0 aromatic carbocycles. The lowest BCUT2D eigenvalue weighted by Gasteiger charge is -2.24. The van der Waals surface area contributed by atoms with E-state index >= 15 is 0 Å². The number of nitrogens with zero attached hydrogens (tertiary/aromatic N) is 3. The summed E-state index contributed by atoms with van der Waals surface area (Å²) in [5.41, 5.74) is 0. The monoisotopic (exact) mass is 265 g/mol. The number of aryl methyl sites for hydroxylation is 1. The van der Waals surface area contributed by atoms with E-state index in [4.69, 9.17) is 9.26 Å². The van der Waals surface area contributed by atoms with E-state index in [9.17, 15) is 4.79 Å². The molecule has 2 fully saturated rings. The van der Waals surface area contributed by atoms with Gasteiger partial charge in [0.05, 0.1) is 13.7 Å². The molecular weight excluding hydrogens is 246 g/mol. The standard InChI is InChI=1S/C13H19N3O3/c1-8-14-11(15-19-8)7-16-6-9-4-3-5-10(9)12(16)13(17)18-2/h9-10,12H,3-7H2,1-2H3/t9-,10-,12-/m1/s1. The van der Waals surface area contributed by atoms with Crippen molar-refractivity contribution in [2.75, 3.05) is 13.7 Å². The van der Waals surface area contributed by atoms with Crippen molar-refractivity contribution >= 4 is 5.97 Å². The first-order valence-electron chi connectivity index (χ1n) is 6.80. The Labute approximate surface area is 112 Å². The van der Waals surface area contributed by atoms with Gasteiger partial charge in [-0.3, -0.25) is 9.69 Å². The lowest BCUT2D eigenvalue weighted by Crippen LogP contribution is -2.40. The number of esters is 1. The summed E-state index contributed by atoms with van der Waals surface area (Å²) in [5, 5.41) is 3.91. The highest BCUT2D eigenvalue weighted by molar-refractivity contribution is 5.76. The number of fused-ring (bicyclic) bond motifs is 1. The molecule has 3 atom stereocenters. The third-order valence-electron chi connectivity index (χ3n) is 4.34. The van der Waals surface area contributed by atoms with Gasteiger partial charge < -0.3 is 9.26 Å². The predicted octanol–water partition coefficient (Wildman–Crippen LogP) is 1.15. The average molecular weight is 265 g/mol. The largest absolute Gasteiger partial charge is 0.468 e. The first kappa shape index (κ1) is 12.6. The van der Waals surface area contributed by atoms with Crippen LogP contribution in [0.3, 0.4) is 0 Å². The molecule has 6 nitrogen and oxygen atoms in total. The number of ether oxygens (including phenoxy) is 1. The predicted molar refractivity (Wildman–Crippen MR) is 66.1 cm³/mol. The number of hydrogen-bond donors (Lipinski definition) is 0. The summed E-state index contributed by atoms with van der Waals surface area (Å²) in [6, 6.07) is -0.142. The molecule has 0 N–H and O–H groups in total. The summed E-state index contributed by atoms with van der Waals surface area (Å²) in [6.45, 7) is 3.26. The van der Waals surface area contributed by atoms with E-state index in [1.165, 1.54) is 20.0 Å². The number of carbonyl (C=O) groups excluding carboxylic acids is 1. The molecule has 1 aromatic rings. The van der Waals surface area contributed by atoms with Gasteiger partial charge in [-0.25, -0.2) is 0 Å². The summed E-state index contributed by atoms with van der Waals surface area (Å²) in [5.74, 6) is 2.11. The molecule has 2 heterocycles. The number of likely N-dealkylation sites (tertiary alicyclic amines) is 1. The molecule has 1 aliphatic carbocycles. The Morgan fingerprint density at radius 1 is 1.53 bits per heavy atom. The van der Waals surface area contributed by atoms with Crippen molar-refractivity contribution in [1.82, 2.24) is 15.0 Å². The van der Waals surface area contributed by atoms with Crippen LogP contribution in [0.2, 0.25) is 0 Å². The second-order valence-corrected chi connectivity index (χ2v) is 5.48. The van der Waals surface area contributed by atoms with Gasteiger partial charge in [-0.15, -0.1) is 0 Å². The fourth-order valence-electron chi connectivity index (χ4n) is 3.59. The Morgan fingerprint density at radius 3 is 3.05 bits per heavy atom. The van der Waals surface area contributed by atoms with Crippen LogP contribution in [0.4, 0.5) is 0 Å². The van der Waals surface area contributed by atoms with E-state index in [0.717, 1.165) is 13.0 Å². The highest BCUT2D eigenvalue weighted by Gasteiger charge is 2.48. The fourth-order valence-corrected chi connectivity index (χ4v) is 3.59. The van der Waals surface area contributed by atoms with E-state index in [0.29, 0.717) is 30.1 Å². The van der Waals surface area contributed by atoms with Gasteiger partial charge in [0.2, 0.25) is 5.89 Å². The van der Waals surface area contributed by atoms with E-state index in [-0.39, 0.29) is 12.0 Å². The van der Waals surface area contributed by atoms with Crippen molar-refractivity contribution in [1.29, 1.82) is 0 Å². The smallest absolute Gasteiger partial charge is 0.323 e. The van der Waals surface area contributed by atoms with Crippen LogP contribution in [0.1, 0.15) is 31.0 Å². The van der Waals surface area contributed by atoms with Crippen LogP contribution in [0, 0.1) is 18.8 Å². The molecule has 2 aliphatic rings. The minimum Gasteiger partial charge on any atom is -0.468 e. The average Bonchev–Trinajstić information content (AvgIpc) is 3.05. The van der Waals surface area contributed by atoms with Crippen molar-refractivity contribution in [3.8, 4) is 0 Å². The normalized spacial score (nSPS) is 30.5. The zero-order valence-electron chi connectivity index (χ0n) is 11.3. The van der Waals surface area contributed by atoms with Gasteiger partial charge in [-0.05, 0) is 24.7 Å². The van der Waals surface area contributed by atoms with Gasteiger partial charge >= 0.3 is 5.97 Å². The Balaban J connectivity index is 1.77. The SMILES string of the molecule is COC(=O)[C@H]1[C@@H]2CCC[C@@H]2CN1Cc1noc(C)n1. The number of rotatable bonds is 3. The van der Waals surface area contributed by atoms with Gasteiger partial charge in [0.15, 0.2) is 5.82 Å². The zero-order valence-corrected chi connectivity index (χ0v) is 11.3. The van der Waals surface area contributed by atoms with Crippen LogP contribution in [-0.4, -0.2) is 40.7 Å². The van der Waals surface area contributed by atoms with Crippen molar-refractivity contribution < 1.29 is 14.1 Å². The zero-order chi connectivity index (χ0) is 13.4. The highest BCUT2D eigenvalue weighted by atomic mass is 16.5. The first-order valence-corrected chi connectivity index (χ1v) is 6.80. The molecule has 1 aromatic heterocycles. The van der Waals surface area contributed by atoms with Gasteiger partial charge in [0, 0.05) is 13.5 Å². The number of methoxy groups -OCH3 is 1. The minimum absolute atomic E-state index is 0.130. The molecular formula is C13H19N3O3. The molecule has 1 saturated heterocycles. The van der Waals surface area contributed by atoms with Crippen LogP contribution < -0.4 is 0 Å². The van der Waals surface area contributed by atoms with Crippen LogP contribution in [0.15, 0.2) is 4.52 Å². The Hall–Kier alpha value is -1.43. The van der Waals surface area contributed by atoms with Crippen LogP contribution >= 0.6 is 0 Å². The molecule has 0 bridgehead atoms. The second kappa shape index (κ2) is 4.92. The van der Waals surface area contributed by atoms with E-state index in [1.54, 1.807) is 6.92 Å². The summed E-state index contributed by atoms with van der Waals surface area (Å²) in [6.07, 6.45) is 3.55. The van der Waals surface area contributed by atoms with Crippen LogP contribution in [0.25, 0.3) is 0 Å². The summed E-state index contributed by atoms with van der Waals surface area (Å²) in [4.78, 5) is 18.4. The van der Waals surface area contributed by atoms with Crippen molar-refractivity contribution in [3.05, 3.63) is 11.7 Å². The summed E-state index contributed by atoms with van der Waals surface area (Å²) < 4.78 is 9.96. The molecule has 6 heteroatoms. The maximum Gasteiger partial charge on any atom is 0.323 e. The summed E-state index contributed by atoms with van der Waals surface area (Å²) in [7, 11) is 1.46. The topological polar surface area (TPSA) is 68.5 Å². The molecule has 1 aliphatic heterocycles. The first-order chi connectivity index (χ1) is 9.19.